The first-order valence-electron chi connectivity index (χ1n) is 14.5. The van der Waals surface area contributed by atoms with Crippen molar-refractivity contribution in [3.8, 4) is 0 Å². The smallest absolute Gasteiger partial charge is 0.168 e. The molecular formula is C31H52O3. The van der Waals surface area contributed by atoms with Gasteiger partial charge in [-0.1, -0.05) is 60.1 Å². The van der Waals surface area contributed by atoms with Crippen LogP contribution in [0.2, 0.25) is 0 Å². The zero-order chi connectivity index (χ0) is 24.7. The van der Waals surface area contributed by atoms with Gasteiger partial charge in [0.05, 0.1) is 6.10 Å². The maximum absolute atomic E-state index is 11.5. The zero-order valence-corrected chi connectivity index (χ0v) is 23.1. The van der Waals surface area contributed by atoms with E-state index >= 15 is 0 Å². The van der Waals surface area contributed by atoms with E-state index in [1.165, 1.54) is 38.5 Å². The number of rotatable bonds is 4. The quantitative estimate of drug-likeness (QED) is 0.434. The molecule has 11 atom stereocenters. The first-order chi connectivity index (χ1) is 15.8. The normalized spacial score (nSPS) is 51.2. The van der Waals surface area contributed by atoms with E-state index in [0.29, 0.717) is 23.2 Å². The molecule has 1 saturated heterocycles. The van der Waals surface area contributed by atoms with E-state index in [1.807, 2.05) is 0 Å². The van der Waals surface area contributed by atoms with Gasteiger partial charge in [0.15, 0.2) is 5.79 Å². The van der Waals surface area contributed by atoms with Gasteiger partial charge in [0.2, 0.25) is 0 Å². The molecule has 1 heterocycles. The van der Waals surface area contributed by atoms with Crippen LogP contribution in [0, 0.1) is 57.7 Å². The van der Waals surface area contributed by atoms with Gasteiger partial charge in [-0.25, -0.2) is 0 Å². The van der Waals surface area contributed by atoms with Crippen molar-refractivity contribution in [2.24, 2.45) is 57.7 Å². The molecule has 4 aliphatic carbocycles. The second-order valence-electron chi connectivity index (χ2n) is 15.0. The topological polar surface area (TPSA) is 49.7 Å². The third-order valence-corrected chi connectivity index (χ3v) is 12.3. The standard InChI is InChI=1S/C31H52O3/c1-19(18-32)10-15-31(33)20(2)27-26(34-31)17-25-23-9-8-22-16-21(28(3,4)5)11-13-29(22,6)24(23)12-14-30(25,27)7/h8,19-21,23-27,32-33H,9-18H2,1-7H3/t19-,20+,21?,23-,24+,25+,26?,27+,29+,30+,31?/m1/s1. The Morgan fingerprint density at radius 3 is 2.56 bits per heavy atom. The van der Waals surface area contributed by atoms with Crippen LogP contribution in [0.4, 0.5) is 0 Å². The summed E-state index contributed by atoms with van der Waals surface area (Å²) in [5.41, 5.74) is 2.88. The summed E-state index contributed by atoms with van der Waals surface area (Å²) < 4.78 is 6.56. The second kappa shape index (κ2) is 8.32. The minimum atomic E-state index is -1.01. The van der Waals surface area contributed by atoms with Crippen LogP contribution in [0.5, 0.6) is 0 Å². The lowest BCUT2D eigenvalue weighted by molar-refractivity contribution is -0.220. The lowest BCUT2D eigenvalue weighted by atomic mass is 9.46. The number of hydrogen-bond acceptors (Lipinski definition) is 3. The fourth-order valence-electron chi connectivity index (χ4n) is 9.92. The van der Waals surface area contributed by atoms with Crippen molar-refractivity contribution in [2.45, 2.75) is 118 Å². The molecule has 1 aliphatic heterocycles. The molecule has 3 unspecified atom stereocenters. The van der Waals surface area contributed by atoms with E-state index in [0.717, 1.165) is 36.5 Å². The summed E-state index contributed by atoms with van der Waals surface area (Å²) in [7, 11) is 0. The average molecular weight is 473 g/mol. The number of fused-ring (bicyclic) bond motifs is 7. The van der Waals surface area contributed by atoms with Crippen LogP contribution in [0.1, 0.15) is 106 Å². The van der Waals surface area contributed by atoms with Crippen molar-refractivity contribution < 1.29 is 14.9 Å². The van der Waals surface area contributed by atoms with E-state index in [9.17, 15) is 10.2 Å². The molecule has 4 fully saturated rings. The van der Waals surface area contributed by atoms with Gasteiger partial charge in [-0.15, -0.1) is 0 Å². The van der Waals surface area contributed by atoms with Crippen LogP contribution in [0.25, 0.3) is 0 Å². The van der Waals surface area contributed by atoms with Crippen molar-refractivity contribution in [1.29, 1.82) is 0 Å². The summed E-state index contributed by atoms with van der Waals surface area (Å²) in [6.07, 6.45) is 13.5. The Kier molecular flexibility index (Phi) is 6.18. The summed E-state index contributed by atoms with van der Waals surface area (Å²) in [5, 5.41) is 21.0. The highest BCUT2D eigenvalue weighted by molar-refractivity contribution is 5.26. The molecule has 5 aliphatic rings. The molecule has 3 heteroatoms. The first kappa shape index (κ1) is 25.3. The summed E-state index contributed by atoms with van der Waals surface area (Å²) in [5.74, 6) is 2.98. The van der Waals surface area contributed by atoms with Crippen molar-refractivity contribution in [2.75, 3.05) is 6.61 Å². The van der Waals surface area contributed by atoms with Gasteiger partial charge in [0, 0.05) is 18.9 Å². The monoisotopic (exact) mass is 472 g/mol. The Balaban J connectivity index is 1.35. The highest BCUT2D eigenvalue weighted by Crippen LogP contribution is 2.70. The van der Waals surface area contributed by atoms with Crippen LogP contribution >= 0.6 is 0 Å². The predicted octanol–water partition coefficient (Wildman–Crippen LogP) is 6.97. The zero-order valence-electron chi connectivity index (χ0n) is 23.1. The maximum atomic E-state index is 11.5. The molecule has 34 heavy (non-hydrogen) atoms. The molecular weight excluding hydrogens is 420 g/mol. The first-order valence-corrected chi connectivity index (χ1v) is 14.5. The van der Waals surface area contributed by atoms with E-state index in [-0.39, 0.29) is 30.0 Å². The molecule has 5 rings (SSSR count). The summed E-state index contributed by atoms with van der Waals surface area (Å²) >= 11 is 0. The van der Waals surface area contributed by atoms with E-state index in [2.05, 4.69) is 54.5 Å². The van der Waals surface area contributed by atoms with Crippen LogP contribution in [0.3, 0.4) is 0 Å². The fourth-order valence-corrected chi connectivity index (χ4v) is 9.92. The van der Waals surface area contributed by atoms with Crippen LogP contribution in [0.15, 0.2) is 11.6 Å². The van der Waals surface area contributed by atoms with Gasteiger partial charge in [-0.2, -0.15) is 0 Å². The highest BCUT2D eigenvalue weighted by Gasteiger charge is 2.67. The lowest BCUT2D eigenvalue weighted by Crippen LogP contribution is -2.51. The van der Waals surface area contributed by atoms with E-state index in [4.69, 9.17) is 4.74 Å². The van der Waals surface area contributed by atoms with Crippen LogP contribution in [-0.4, -0.2) is 28.7 Å². The van der Waals surface area contributed by atoms with Crippen LogP contribution < -0.4 is 0 Å². The minimum Gasteiger partial charge on any atom is -0.396 e. The average Bonchev–Trinajstić information content (AvgIpc) is 3.20. The molecule has 0 bridgehead atoms. The number of ether oxygens (including phenoxy) is 1. The fraction of sp³-hybridized carbons (Fsp3) is 0.935. The molecule has 0 amide bonds. The van der Waals surface area contributed by atoms with Gasteiger partial charge in [-0.3, -0.25) is 0 Å². The van der Waals surface area contributed by atoms with E-state index in [1.54, 1.807) is 5.57 Å². The molecule has 3 saturated carbocycles. The van der Waals surface area contributed by atoms with Crippen molar-refractivity contribution in [3.05, 3.63) is 11.6 Å². The third-order valence-electron chi connectivity index (χ3n) is 12.3. The Labute approximate surface area is 209 Å². The Bertz CT molecular complexity index is 812. The van der Waals surface area contributed by atoms with Crippen LogP contribution in [-0.2, 0) is 4.74 Å². The molecule has 194 valence electrons. The lowest BCUT2D eigenvalue weighted by Gasteiger charge is -2.59. The predicted molar refractivity (Wildman–Crippen MR) is 138 cm³/mol. The number of aliphatic hydroxyl groups excluding tert-OH is 1. The van der Waals surface area contributed by atoms with Gasteiger partial charge < -0.3 is 14.9 Å². The van der Waals surface area contributed by atoms with Gasteiger partial charge in [0.25, 0.3) is 0 Å². The largest absolute Gasteiger partial charge is 0.396 e. The molecule has 0 aromatic rings. The summed E-state index contributed by atoms with van der Waals surface area (Å²) in [6, 6.07) is 0. The van der Waals surface area contributed by atoms with Crippen molar-refractivity contribution in [1.82, 2.24) is 0 Å². The Morgan fingerprint density at radius 1 is 1.15 bits per heavy atom. The number of allylic oxidation sites excluding steroid dienone is 2. The molecule has 2 N–H and O–H groups in total. The summed E-state index contributed by atoms with van der Waals surface area (Å²) in [4.78, 5) is 0. The highest BCUT2D eigenvalue weighted by atomic mass is 16.6. The second-order valence-corrected chi connectivity index (χ2v) is 15.0. The van der Waals surface area contributed by atoms with Gasteiger partial charge in [0.1, 0.15) is 0 Å². The Hall–Kier alpha value is -0.380. The van der Waals surface area contributed by atoms with Crippen molar-refractivity contribution in [3.63, 3.8) is 0 Å². The summed E-state index contributed by atoms with van der Waals surface area (Å²) in [6.45, 7) is 17.0. The molecule has 0 radical (unpaired) electrons. The molecule has 0 aromatic heterocycles. The Morgan fingerprint density at radius 2 is 1.88 bits per heavy atom. The third kappa shape index (κ3) is 3.69. The van der Waals surface area contributed by atoms with Gasteiger partial charge >= 0.3 is 0 Å². The molecule has 0 spiro atoms. The molecule has 0 aromatic carbocycles. The number of hydrogen-bond donors (Lipinski definition) is 2. The number of aliphatic hydroxyl groups is 2. The molecule has 3 nitrogen and oxygen atoms in total. The maximum Gasteiger partial charge on any atom is 0.168 e. The minimum absolute atomic E-state index is 0.169. The van der Waals surface area contributed by atoms with Gasteiger partial charge in [-0.05, 0) is 103 Å². The van der Waals surface area contributed by atoms with E-state index < -0.39 is 5.79 Å². The SMILES string of the molecule is C[C@@H](CO)CCC1(O)OC2C[C@H]3[C@@H]4CC=C5CC(C(C)(C)C)CC[C@]5(C)[C@H]4CC[C@]3(C)[C@H]2[C@@H]1C. The van der Waals surface area contributed by atoms with Crippen molar-refractivity contribution >= 4 is 0 Å².